The molecule has 2 N–H and O–H groups in total. The lowest BCUT2D eigenvalue weighted by Gasteiger charge is -2.22. The van der Waals surface area contributed by atoms with Crippen molar-refractivity contribution in [1.29, 1.82) is 0 Å². The number of amides is 1. The Bertz CT molecular complexity index is 669. The lowest BCUT2D eigenvalue weighted by Crippen LogP contribution is -2.34. The Balaban J connectivity index is 2.19. The number of carbonyl (C=O) groups is 1. The average molecular weight is 353 g/mol. The first-order valence-electron chi connectivity index (χ1n) is 8.46. The fraction of sp³-hybridized carbons (Fsp3) is 0.588. The molecule has 1 heterocycles. The third kappa shape index (κ3) is 3.63. The molecule has 2 atom stereocenters. The maximum atomic E-state index is 12.7. The molecule has 0 aliphatic carbocycles. The molecule has 2 unspecified atom stereocenters. The summed E-state index contributed by atoms with van der Waals surface area (Å²) in [5, 5.41) is 0. The molecule has 1 fully saturated rings. The number of sulfonamides is 1. The maximum Gasteiger partial charge on any atom is 0.254 e. The van der Waals surface area contributed by atoms with E-state index in [0.29, 0.717) is 37.7 Å². The number of benzene rings is 1. The summed E-state index contributed by atoms with van der Waals surface area (Å²) in [6.07, 6.45) is 0.913. The highest BCUT2D eigenvalue weighted by atomic mass is 32.2. The van der Waals surface area contributed by atoms with E-state index < -0.39 is 10.0 Å². The summed E-state index contributed by atoms with van der Waals surface area (Å²) in [7, 11) is -3.49. The summed E-state index contributed by atoms with van der Waals surface area (Å²) in [5.74, 6) is 0.275. The highest BCUT2D eigenvalue weighted by Crippen LogP contribution is 2.25. The molecule has 6 nitrogen and oxygen atoms in total. The largest absolute Gasteiger partial charge is 0.336 e. The van der Waals surface area contributed by atoms with Gasteiger partial charge in [-0.25, -0.2) is 8.42 Å². The summed E-state index contributed by atoms with van der Waals surface area (Å²) < 4.78 is 26.4. The van der Waals surface area contributed by atoms with Gasteiger partial charge in [-0.3, -0.25) is 4.79 Å². The van der Waals surface area contributed by atoms with Crippen molar-refractivity contribution in [2.45, 2.75) is 38.1 Å². The Morgan fingerprint density at radius 2 is 1.83 bits per heavy atom. The standard InChI is InChI=1S/C17H27N3O3S/c1-4-19(5-2)24(22,23)16-8-6-15(7-9-16)17(21)20-12-14(11-18)10-13(20)3/h6-9,13-14H,4-5,10-12,18H2,1-3H3. The van der Waals surface area contributed by atoms with Gasteiger partial charge in [0.2, 0.25) is 10.0 Å². The van der Waals surface area contributed by atoms with Crippen LogP contribution in [0.3, 0.4) is 0 Å². The van der Waals surface area contributed by atoms with E-state index in [4.69, 9.17) is 5.73 Å². The van der Waals surface area contributed by atoms with Gasteiger partial charge in [0.05, 0.1) is 4.90 Å². The minimum Gasteiger partial charge on any atom is -0.336 e. The van der Waals surface area contributed by atoms with Crippen LogP contribution in [-0.2, 0) is 10.0 Å². The minimum atomic E-state index is -3.49. The lowest BCUT2D eigenvalue weighted by atomic mass is 10.1. The minimum absolute atomic E-state index is 0.0646. The molecule has 1 saturated heterocycles. The monoisotopic (exact) mass is 353 g/mol. The topological polar surface area (TPSA) is 83.7 Å². The van der Waals surface area contributed by atoms with Gasteiger partial charge in [-0.05, 0) is 50.1 Å². The summed E-state index contributed by atoms with van der Waals surface area (Å²) in [5.41, 5.74) is 6.22. The predicted octanol–water partition coefficient (Wildman–Crippen LogP) is 1.53. The molecule has 7 heteroatoms. The van der Waals surface area contributed by atoms with Crippen molar-refractivity contribution in [3.05, 3.63) is 29.8 Å². The van der Waals surface area contributed by atoms with Crippen LogP contribution in [0, 0.1) is 5.92 Å². The first-order chi connectivity index (χ1) is 11.3. The van der Waals surface area contributed by atoms with Gasteiger partial charge in [0.25, 0.3) is 5.91 Å². The highest BCUT2D eigenvalue weighted by Gasteiger charge is 2.32. The van der Waals surface area contributed by atoms with E-state index in [2.05, 4.69) is 0 Å². The second-order valence-electron chi connectivity index (χ2n) is 6.26. The summed E-state index contributed by atoms with van der Waals surface area (Å²) in [4.78, 5) is 14.7. The van der Waals surface area contributed by atoms with E-state index in [9.17, 15) is 13.2 Å². The van der Waals surface area contributed by atoms with Crippen molar-refractivity contribution in [1.82, 2.24) is 9.21 Å². The van der Waals surface area contributed by atoms with Crippen LogP contribution < -0.4 is 5.73 Å². The van der Waals surface area contributed by atoms with Crippen LogP contribution in [-0.4, -0.2) is 55.8 Å². The van der Waals surface area contributed by atoms with Gasteiger partial charge in [0.1, 0.15) is 0 Å². The van der Waals surface area contributed by atoms with Crippen LogP contribution in [0.4, 0.5) is 0 Å². The van der Waals surface area contributed by atoms with Crippen molar-refractivity contribution in [2.24, 2.45) is 11.7 Å². The van der Waals surface area contributed by atoms with Crippen LogP contribution in [0.1, 0.15) is 37.6 Å². The van der Waals surface area contributed by atoms with E-state index in [1.165, 1.54) is 16.4 Å². The molecule has 0 radical (unpaired) electrons. The Labute approximate surface area is 144 Å². The van der Waals surface area contributed by atoms with Gasteiger partial charge < -0.3 is 10.6 Å². The molecule has 1 aliphatic heterocycles. The molecule has 134 valence electrons. The average Bonchev–Trinajstić information content (AvgIpc) is 2.96. The Morgan fingerprint density at radius 1 is 1.25 bits per heavy atom. The number of nitrogens with zero attached hydrogens (tertiary/aromatic N) is 2. The molecule has 1 aromatic carbocycles. The SMILES string of the molecule is CCN(CC)S(=O)(=O)c1ccc(C(=O)N2CC(CN)CC2C)cc1. The smallest absolute Gasteiger partial charge is 0.254 e. The van der Waals surface area contributed by atoms with Gasteiger partial charge in [-0.15, -0.1) is 0 Å². The van der Waals surface area contributed by atoms with Crippen molar-refractivity contribution < 1.29 is 13.2 Å². The molecular formula is C17H27N3O3S. The van der Waals surface area contributed by atoms with Crippen LogP contribution in [0.25, 0.3) is 0 Å². The van der Waals surface area contributed by atoms with E-state index in [1.54, 1.807) is 12.1 Å². The summed E-state index contributed by atoms with van der Waals surface area (Å²) in [6.45, 7) is 7.72. The van der Waals surface area contributed by atoms with Crippen LogP contribution in [0.15, 0.2) is 29.2 Å². The number of rotatable bonds is 6. The number of nitrogens with two attached hydrogens (primary N) is 1. The first-order valence-corrected chi connectivity index (χ1v) is 9.90. The Morgan fingerprint density at radius 3 is 2.29 bits per heavy atom. The predicted molar refractivity (Wildman–Crippen MR) is 94.2 cm³/mol. The van der Waals surface area contributed by atoms with E-state index in [-0.39, 0.29) is 16.8 Å². The molecule has 0 aromatic heterocycles. The molecule has 1 aromatic rings. The maximum absolute atomic E-state index is 12.7. The molecule has 0 bridgehead atoms. The normalized spacial score (nSPS) is 21.5. The zero-order valence-electron chi connectivity index (χ0n) is 14.6. The zero-order chi connectivity index (χ0) is 17.9. The lowest BCUT2D eigenvalue weighted by molar-refractivity contribution is 0.0743. The first kappa shape index (κ1) is 18.9. The quantitative estimate of drug-likeness (QED) is 0.840. The zero-order valence-corrected chi connectivity index (χ0v) is 15.4. The van der Waals surface area contributed by atoms with Crippen LogP contribution >= 0.6 is 0 Å². The van der Waals surface area contributed by atoms with Gasteiger partial charge in [-0.2, -0.15) is 4.31 Å². The van der Waals surface area contributed by atoms with Crippen molar-refractivity contribution in [3.63, 3.8) is 0 Å². The fourth-order valence-electron chi connectivity index (χ4n) is 3.24. The van der Waals surface area contributed by atoms with Crippen LogP contribution in [0.5, 0.6) is 0 Å². The molecule has 0 saturated carbocycles. The molecule has 0 spiro atoms. The van der Waals surface area contributed by atoms with Gasteiger partial charge >= 0.3 is 0 Å². The third-order valence-corrected chi connectivity index (χ3v) is 6.76. The summed E-state index contributed by atoms with van der Waals surface area (Å²) >= 11 is 0. The molecular weight excluding hydrogens is 326 g/mol. The highest BCUT2D eigenvalue weighted by molar-refractivity contribution is 7.89. The Kier molecular flexibility index (Phi) is 6.01. The number of carbonyl (C=O) groups excluding carboxylic acids is 1. The summed E-state index contributed by atoms with van der Waals surface area (Å²) in [6, 6.07) is 6.39. The van der Waals surface area contributed by atoms with Crippen molar-refractivity contribution in [3.8, 4) is 0 Å². The Hall–Kier alpha value is -1.44. The fourth-order valence-corrected chi connectivity index (χ4v) is 4.70. The van der Waals surface area contributed by atoms with Gasteiger partial charge in [0.15, 0.2) is 0 Å². The molecule has 24 heavy (non-hydrogen) atoms. The molecule has 1 aliphatic rings. The number of hydrogen-bond acceptors (Lipinski definition) is 4. The number of likely N-dealkylation sites (tertiary alicyclic amines) is 1. The third-order valence-electron chi connectivity index (χ3n) is 4.70. The second-order valence-corrected chi connectivity index (χ2v) is 8.20. The van der Waals surface area contributed by atoms with E-state index in [1.807, 2.05) is 25.7 Å². The second kappa shape index (κ2) is 7.63. The van der Waals surface area contributed by atoms with Crippen LogP contribution in [0.2, 0.25) is 0 Å². The van der Waals surface area contributed by atoms with E-state index >= 15 is 0 Å². The number of hydrogen-bond donors (Lipinski definition) is 1. The van der Waals surface area contributed by atoms with Gasteiger partial charge in [-0.1, -0.05) is 13.8 Å². The van der Waals surface area contributed by atoms with Crippen molar-refractivity contribution >= 4 is 15.9 Å². The molecule has 1 amide bonds. The van der Waals surface area contributed by atoms with Gasteiger partial charge in [0, 0.05) is 31.2 Å². The van der Waals surface area contributed by atoms with Crippen molar-refractivity contribution in [2.75, 3.05) is 26.2 Å². The molecule has 2 rings (SSSR count). The van der Waals surface area contributed by atoms with E-state index in [0.717, 1.165) is 6.42 Å².